The van der Waals surface area contributed by atoms with Crippen LogP contribution in [0.25, 0.3) is 0 Å². The molecule has 0 aliphatic carbocycles. The van der Waals surface area contributed by atoms with E-state index in [-0.39, 0.29) is 12.5 Å². The van der Waals surface area contributed by atoms with Crippen LogP contribution in [0.3, 0.4) is 0 Å². The average molecular weight is 457 g/mol. The topological polar surface area (TPSA) is 96.0 Å². The van der Waals surface area contributed by atoms with Gasteiger partial charge in [0.25, 0.3) is 5.91 Å². The molecule has 0 aromatic heterocycles. The van der Waals surface area contributed by atoms with Crippen LogP contribution in [0.2, 0.25) is 0 Å². The van der Waals surface area contributed by atoms with Gasteiger partial charge in [-0.25, -0.2) is 4.79 Å². The fraction of sp³-hybridized carbons (Fsp3) is 0.154. The highest BCUT2D eigenvalue weighted by molar-refractivity contribution is 6.44. The van der Waals surface area contributed by atoms with Gasteiger partial charge in [-0.2, -0.15) is 0 Å². The zero-order valence-corrected chi connectivity index (χ0v) is 18.8. The zero-order valence-electron chi connectivity index (χ0n) is 18.8. The molecule has 0 saturated carbocycles. The first kappa shape index (κ1) is 22.7. The minimum atomic E-state index is -0.861. The second-order valence-corrected chi connectivity index (χ2v) is 7.88. The molecule has 5 amide bonds. The van der Waals surface area contributed by atoms with Crippen molar-refractivity contribution >= 4 is 29.4 Å². The minimum Gasteiger partial charge on any atom is -0.496 e. The number of carbonyl (C=O) groups is 4. The number of urea groups is 1. The predicted molar refractivity (Wildman–Crippen MR) is 125 cm³/mol. The summed E-state index contributed by atoms with van der Waals surface area (Å²) in [5.41, 5.74) is 3.74. The Bertz CT molecular complexity index is 1260. The molecule has 1 N–H and O–H groups in total. The minimum absolute atomic E-state index is 0.0447. The lowest BCUT2D eigenvalue weighted by molar-refractivity contribution is -0.143. The fourth-order valence-electron chi connectivity index (χ4n) is 3.71. The number of hydrogen-bond donors (Lipinski definition) is 1. The van der Waals surface area contributed by atoms with Crippen LogP contribution in [-0.2, 0) is 22.6 Å². The molecule has 0 unspecified atom stereocenters. The lowest BCUT2D eigenvalue weighted by Gasteiger charge is -2.14. The number of nitrogens with zero attached hydrogens (tertiary/aromatic N) is 2. The van der Waals surface area contributed by atoms with Crippen LogP contribution in [0.4, 0.5) is 10.5 Å². The third kappa shape index (κ3) is 4.66. The van der Waals surface area contributed by atoms with E-state index in [1.54, 1.807) is 37.4 Å². The highest BCUT2D eigenvalue weighted by Gasteiger charge is 2.41. The van der Waals surface area contributed by atoms with Crippen molar-refractivity contribution in [3.05, 3.63) is 95.1 Å². The van der Waals surface area contributed by atoms with E-state index >= 15 is 0 Å². The standard InChI is InChI=1S/C26H23N3O5/c1-28-24(31)25(32)29(26(28)33)16-18-8-10-19(11-9-18)23(30)27-21-12-13-22(34-2)20(15-21)14-17-6-4-3-5-7-17/h3-13,15H,14,16H2,1-2H3,(H,27,30). The Morgan fingerprint density at radius 1 is 0.882 bits per heavy atom. The van der Waals surface area contributed by atoms with E-state index in [2.05, 4.69) is 5.32 Å². The molecule has 3 aromatic carbocycles. The summed E-state index contributed by atoms with van der Waals surface area (Å²) in [6, 6.07) is 21.3. The van der Waals surface area contributed by atoms with Crippen molar-refractivity contribution in [3.63, 3.8) is 0 Å². The van der Waals surface area contributed by atoms with Gasteiger partial charge in [-0.15, -0.1) is 0 Å². The zero-order chi connectivity index (χ0) is 24.2. The summed E-state index contributed by atoms with van der Waals surface area (Å²) in [5, 5.41) is 2.89. The van der Waals surface area contributed by atoms with Crippen LogP contribution in [-0.4, -0.2) is 47.7 Å². The number of benzene rings is 3. The first-order chi connectivity index (χ1) is 16.4. The summed E-state index contributed by atoms with van der Waals surface area (Å²) in [4.78, 5) is 50.1. The van der Waals surface area contributed by atoms with Crippen LogP contribution in [0, 0.1) is 0 Å². The number of anilines is 1. The predicted octanol–water partition coefficient (Wildman–Crippen LogP) is 3.46. The maximum Gasteiger partial charge on any atom is 0.334 e. The molecular formula is C26H23N3O5. The lowest BCUT2D eigenvalue weighted by atomic mass is 10.0. The second-order valence-electron chi connectivity index (χ2n) is 7.88. The molecule has 1 aliphatic rings. The molecule has 1 aliphatic heterocycles. The van der Waals surface area contributed by atoms with Gasteiger partial charge < -0.3 is 10.1 Å². The van der Waals surface area contributed by atoms with Crippen LogP contribution in [0.5, 0.6) is 5.75 Å². The van der Waals surface area contributed by atoms with Crippen molar-refractivity contribution in [1.29, 1.82) is 0 Å². The first-order valence-electron chi connectivity index (χ1n) is 10.6. The Labute approximate surface area is 196 Å². The van der Waals surface area contributed by atoms with Crippen LogP contribution in [0.15, 0.2) is 72.8 Å². The van der Waals surface area contributed by atoms with Gasteiger partial charge in [-0.3, -0.25) is 24.2 Å². The Morgan fingerprint density at radius 3 is 2.21 bits per heavy atom. The Morgan fingerprint density at radius 2 is 1.59 bits per heavy atom. The van der Waals surface area contributed by atoms with E-state index in [1.165, 1.54) is 7.05 Å². The number of carbonyl (C=O) groups excluding carboxylic acids is 4. The summed E-state index contributed by atoms with van der Waals surface area (Å²) in [6.45, 7) is -0.0447. The van der Waals surface area contributed by atoms with Gasteiger partial charge in [0.2, 0.25) is 0 Å². The number of nitrogens with one attached hydrogen (secondary N) is 1. The van der Waals surface area contributed by atoms with E-state index in [9.17, 15) is 19.2 Å². The van der Waals surface area contributed by atoms with Gasteiger partial charge in [-0.1, -0.05) is 42.5 Å². The number of hydrogen-bond acceptors (Lipinski definition) is 5. The molecule has 0 spiro atoms. The summed E-state index contributed by atoms with van der Waals surface area (Å²) in [7, 11) is 2.88. The summed E-state index contributed by atoms with van der Waals surface area (Å²) < 4.78 is 5.47. The van der Waals surface area contributed by atoms with E-state index < -0.39 is 17.8 Å². The maximum absolute atomic E-state index is 12.8. The van der Waals surface area contributed by atoms with Crippen molar-refractivity contribution in [1.82, 2.24) is 9.80 Å². The van der Waals surface area contributed by atoms with E-state index in [0.29, 0.717) is 23.2 Å². The van der Waals surface area contributed by atoms with Gasteiger partial charge >= 0.3 is 17.8 Å². The molecule has 0 atom stereocenters. The summed E-state index contributed by atoms with van der Waals surface area (Å²) in [6.07, 6.45) is 0.661. The van der Waals surface area contributed by atoms with Crippen LogP contribution in [0.1, 0.15) is 27.0 Å². The molecule has 8 nitrogen and oxygen atoms in total. The van der Waals surface area contributed by atoms with Crippen LogP contribution >= 0.6 is 0 Å². The van der Waals surface area contributed by atoms with Gasteiger partial charge in [0.05, 0.1) is 13.7 Å². The highest BCUT2D eigenvalue weighted by Crippen LogP contribution is 2.26. The van der Waals surface area contributed by atoms with Gasteiger partial charge in [0.15, 0.2) is 0 Å². The number of imide groups is 2. The molecule has 34 heavy (non-hydrogen) atoms. The summed E-state index contributed by atoms with van der Waals surface area (Å²) >= 11 is 0. The fourth-order valence-corrected chi connectivity index (χ4v) is 3.71. The molecule has 4 rings (SSSR count). The molecular weight excluding hydrogens is 434 g/mol. The number of likely N-dealkylation sites (N-methyl/N-ethyl adjacent to an activating group) is 1. The van der Waals surface area contributed by atoms with E-state index in [0.717, 1.165) is 26.7 Å². The molecule has 1 heterocycles. The molecule has 172 valence electrons. The SMILES string of the molecule is COc1ccc(NC(=O)c2ccc(CN3C(=O)C(=O)N(C)C3=O)cc2)cc1Cc1ccccc1. The van der Waals surface area contributed by atoms with Crippen molar-refractivity contribution in [2.75, 3.05) is 19.5 Å². The average Bonchev–Trinajstić information content (AvgIpc) is 3.03. The number of methoxy groups -OCH3 is 1. The van der Waals surface area contributed by atoms with Crippen molar-refractivity contribution in [2.24, 2.45) is 0 Å². The molecule has 3 aromatic rings. The van der Waals surface area contributed by atoms with E-state index in [1.807, 2.05) is 42.5 Å². The summed E-state index contributed by atoms with van der Waals surface area (Å²) in [5.74, 6) is -1.28. The Balaban J connectivity index is 1.45. The van der Waals surface area contributed by atoms with Crippen molar-refractivity contribution in [3.8, 4) is 5.75 Å². The van der Waals surface area contributed by atoms with Gasteiger partial charge in [0, 0.05) is 30.3 Å². The van der Waals surface area contributed by atoms with Crippen LogP contribution < -0.4 is 10.1 Å². The van der Waals surface area contributed by atoms with E-state index in [4.69, 9.17) is 4.74 Å². The normalized spacial score (nSPS) is 13.4. The second kappa shape index (κ2) is 9.58. The molecule has 1 saturated heterocycles. The molecule has 0 radical (unpaired) electrons. The smallest absolute Gasteiger partial charge is 0.334 e. The third-order valence-corrected chi connectivity index (χ3v) is 5.58. The monoisotopic (exact) mass is 457 g/mol. The van der Waals surface area contributed by atoms with Crippen molar-refractivity contribution < 1.29 is 23.9 Å². The highest BCUT2D eigenvalue weighted by atomic mass is 16.5. The maximum atomic E-state index is 12.8. The first-order valence-corrected chi connectivity index (χ1v) is 10.6. The Kier molecular flexibility index (Phi) is 6.40. The number of ether oxygens (including phenoxy) is 1. The number of rotatable bonds is 7. The van der Waals surface area contributed by atoms with Gasteiger partial charge in [-0.05, 0) is 41.5 Å². The molecule has 1 fully saturated rings. The van der Waals surface area contributed by atoms with Crippen molar-refractivity contribution in [2.45, 2.75) is 13.0 Å². The lowest BCUT2D eigenvalue weighted by Crippen LogP contribution is -2.31. The molecule has 8 heteroatoms. The quantitative estimate of drug-likeness (QED) is 0.433. The Hall–Kier alpha value is -4.46. The third-order valence-electron chi connectivity index (χ3n) is 5.58. The number of amides is 5. The van der Waals surface area contributed by atoms with Gasteiger partial charge in [0.1, 0.15) is 5.75 Å². The molecule has 0 bridgehead atoms. The largest absolute Gasteiger partial charge is 0.496 e.